The van der Waals surface area contributed by atoms with Gasteiger partial charge in [-0.15, -0.1) is 0 Å². The number of rotatable bonds is 3. The monoisotopic (exact) mass is 413 g/mol. The number of aromatic nitrogens is 1. The summed E-state index contributed by atoms with van der Waals surface area (Å²) in [5, 5.41) is 0. The van der Waals surface area contributed by atoms with Crippen LogP contribution in [0.4, 0.5) is 15.9 Å². The van der Waals surface area contributed by atoms with Gasteiger partial charge in [-0.05, 0) is 46.3 Å². The first kappa shape index (κ1) is 17.2. The predicted octanol–water partition coefficient (Wildman–Crippen LogP) is 2.71. The van der Waals surface area contributed by atoms with Gasteiger partial charge in [0.2, 0.25) is 0 Å². The highest BCUT2D eigenvalue weighted by molar-refractivity contribution is 9.10. The second-order valence-corrected chi connectivity index (χ2v) is 8.63. The molecule has 1 aromatic heterocycles. The lowest BCUT2D eigenvalue weighted by Crippen LogP contribution is -2.47. The molecule has 1 aliphatic heterocycles. The minimum atomic E-state index is -3.18. The topological polar surface area (TPSA) is 53.5 Å². The Bertz CT molecular complexity index is 835. The maximum absolute atomic E-state index is 14.0. The molecular weight excluding hydrogens is 397 g/mol. The smallest absolute Gasteiger partial charge is 0.175 e. The number of benzene rings is 1. The first-order valence-corrected chi connectivity index (χ1v) is 10.1. The molecule has 0 radical (unpaired) electrons. The summed E-state index contributed by atoms with van der Waals surface area (Å²) in [7, 11) is -3.18. The maximum Gasteiger partial charge on any atom is 0.175 e. The van der Waals surface area contributed by atoms with Gasteiger partial charge in [0.1, 0.15) is 0 Å². The molecule has 5 nitrogen and oxygen atoms in total. The van der Waals surface area contributed by atoms with Crippen LogP contribution in [0.25, 0.3) is 0 Å². The predicted molar refractivity (Wildman–Crippen MR) is 95.9 cm³/mol. The molecular formula is C16H17BrFN3O2S. The van der Waals surface area contributed by atoms with E-state index < -0.39 is 9.84 Å². The third kappa shape index (κ3) is 3.70. The molecule has 2 aromatic rings. The van der Waals surface area contributed by atoms with E-state index in [0.29, 0.717) is 28.3 Å². The second-order valence-electron chi connectivity index (χ2n) is 5.70. The maximum atomic E-state index is 14.0. The van der Waals surface area contributed by atoms with Gasteiger partial charge in [-0.2, -0.15) is 0 Å². The van der Waals surface area contributed by atoms with Gasteiger partial charge in [-0.25, -0.2) is 17.8 Å². The molecule has 0 aliphatic carbocycles. The van der Waals surface area contributed by atoms with Gasteiger partial charge in [-0.1, -0.05) is 0 Å². The van der Waals surface area contributed by atoms with Crippen LogP contribution in [0.1, 0.15) is 0 Å². The van der Waals surface area contributed by atoms with E-state index in [1.807, 2.05) is 17.0 Å². The van der Waals surface area contributed by atoms with Crippen molar-refractivity contribution >= 4 is 37.3 Å². The zero-order chi connectivity index (χ0) is 17.3. The van der Waals surface area contributed by atoms with Crippen LogP contribution < -0.4 is 9.80 Å². The summed E-state index contributed by atoms with van der Waals surface area (Å²) in [5.74, 6) is 0.0283. The van der Waals surface area contributed by atoms with E-state index >= 15 is 0 Å². The van der Waals surface area contributed by atoms with Crippen LogP contribution in [0.15, 0.2) is 45.9 Å². The van der Waals surface area contributed by atoms with E-state index in [9.17, 15) is 12.8 Å². The lowest BCUT2D eigenvalue weighted by molar-refractivity contribution is 0.588. The van der Waals surface area contributed by atoms with E-state index in [-0.39, 0.29) is 5.82 Å². The van der Waals surface area contributed by atoms with Crippen LogP contribution in [0.3, 0.4) is 0 Å². The van der Waals surface area contributed by atoms with E-state index in [2.05, 4.69) is 25.8 Å². The Balaban J connectivity index is 1.69. The standard InChI is InChI=1S/C16H17BrFN3O2S/c1-24(22,23)14-4-2-13(3-5-14)20-6-8-21(9-7-20)16-15(18)10-12(17)11-19-16/h2-5,10-11H,6-9H2,1H3. The summed E-state index contributed by atoms with van der Waals surface area (Å²) >= 11 is 3.21. The second kappa shape index (κ2) is 6.68. The summed E-state index contributed by atoms with van der Waals surface area (Å²) in [6, 6.07) is 8.27. The van der Waals surface area contributed by atoms with Gasteiger partial charge < -0.3 is 9.80 Å². The van der Waals surface area contributed by atoms with Crippen molar-refractivity contribution in [3.05, 3.63) is 46.8 Å². The molecule has 0 N–H and O–H groups in total. The van der Waals surface area contributed by atoms with E-state index in [4.69, 9.17) is 0 Å². The zero-order valence-electron chi connectivity index (χ0n) is 13.1. The highest BCUT2D eigenvalue weighted by atomic mass is 79.9. The number of piperazine rings is 1. The van der Waals surface area contributed by atoms with E-state index in [1.54, 1.807) is 18.3 Å². The highest BCUT2D eigenvalue weighted by Gasteiger charge is 2.21. The summed E-state index contributed by atoms with van der Waals surface area (Å²) in [4.78, 5) is 8.54. The fourth-order valence-corrected chi connectivity index (χ4v) is 3.65. The minimum Gasteiger partial charge on any atom is -0.368 e. The molecule has 128 valence electrons. The molecule has 24 heavy (non-hydrogen) atoms. The molecule has 0 saturated carbocycles. The number of nitrogens with zero attached hydrogens (tertiary/aromatic N) is 3. The summed E-state index contributed by atoms with van der Waals surface area (Å²) in [5.41, 5.74) is 0.964. The first-order valence-electron chi connectivity index (χ1n) is 7.45. The van der Waals surface area contributed by atoms with E-state index in [1.165, 1.54) is 12.3 Å². The quantitative estimate of drug-likeness (QED) is 0.773. The molecule has 0 unspecified atom stereocenters. The van der Waals surface area contributed by atoms with Crippen molar-refractivity contribution in [1.29, 1.82) is 0 Å². The lowest BCUT2D eigenvalue weighted by Gasteiger charge is -2.36. The van der Waals surface area contributed by atoms with Crippen LogP contribution in [0, 0.1) is 5.82 Å². The van der Waals surface area contributed by atoms with Crippen molar-refractivity contribution in [2.75, 3.05) is 42.2 Å². The van der Waals surface area contributed by atoms with Crippen molar-refractivity contribution in [1.82, 2.24) is 4.98 Å². The Kier molecular flexibility index (Phi) is 4.78. The number of sulfone groups is 1. The molecule has 0 amide bonds. The molecule has 0 bridgehead atoms. The Morgan fingerprint density at radius 3 is 2.21 bits per heavy atom. The van der Waals surface area contributed by atoms with Crippen LogP contribution in [0.2, 0.25) is 0 Å². The molecule has 0 spiro atoms. The van der Waals surface area contributed by atoms with Gasteiger partial charge in [0.05, 0.1) is 4.90 Å². The van der Waals surface area contributed by atoms with Crippen LogP contribution in [-0.4, -0.2) is 45.8 Å². The number of pyridine rings is 1. The number of hydrogen-bond donors (Lipinski definition) is 0. The molecule has 2 heterocycles. The molecule has 1 fully saturated rings. The van der Waals surface area contributed by atoms with E-state index in [0.717, 1.165) is 18.8 Å². The fourth-order valence-electron chi connectivity index (χ4n) is 2.72. The van der Waals surface area contributed by atoms with Crippen LogP contribution >= 0.6 is 15.9 Å². The Hall–Kier alpha value is -1.67. The van der Waals surface area contributed by atoms with Gasteiger partial charge in [0.25, 0.3) is 0 Å². The van der Waals surface area contributed by atoms with Gasteiger partial charge in [-0.3, -0.25) is 0 Å². The van der Waals surface area contributed by atoms with Gasteiger partial charge >= 0.3 is 0 Å². The SMILES string of the molecule is CS(=O)(=O)c1ccc(N2CCN(c3ncc(Br)cc3F)CC2)cc1. The molecule has 8 heteroatoms. The fraction of sp³-hybridized carbons (Fsp3) is 0.312. The average molecular weight is 414 g/mol. The lowest BCUT2D eigenvalue weighted by atomic mass is 10.2. The largest absolute Gasteiger partial charge is 0.368 e. The third-order valence-corrected chi connectivity index (χ3v) is 5.56. The molecule has 1 aliphatic rings. The number of anilines is 2. The number of hydrogen-bond acceptors (Lipinski definition) is 5. The summed E-state index contributed by atoms with van der Waals surface area (Å²) in [6.45, 7) is 2.74. The normalized spacial score (nSPS) is 15.6. The van der Waals surface area contributed by atoms with Crippen molar-refractivity contribution < 1.29 is 12.8 Å². The first-order chi connectivity index (χ1) is 11.3. The molecule has 3 rings (SSSR count). The Labute approximate surface area is 149 Å². The molecule has 1 aromatic carbocycles. The van der Waals surface area contributed by atoms with Gasteiger partial charge in [0.15, 0.2) is 21.5 Å². The van der Waals surface area contributed by atoms with Crippen molar-refractivity contribution in [3.63, 3.8) is 0 Å². The summed E-state index contributed by atoms with van der Waals surface area (Å²) in [6.07, 6.45) is 2.79. The van der Waals surface area contributed by atoms with Crippen molar-refractivity contribution in [2.24, 2.45) is 0 Å². The molecule has 1 saturated heterocycles. The minimum absolute atomic E-state index is 0.311. The number of halogens is 2. The Morgan fingerprint density at radius 2 is 1.67 bits per heavy atom. The third-order valence-electron chi connectivity index (χ3n) is 4.00. The Morgan fingerprint density at radius 1 is 1.08 bits per heavy atom. The van der Waals surface area contributed by atoms with Gasteiger partial charge in [0, 0.05) is 48.8 Å². The van der Waals surface area contributed by atoms with Crippen LogP contribution in [-0.2, 0) is 9.84 Å². The van der Waals surface area contributed by atoms with Crippen LogP contribution in [0.5, 0.6) is 0 Å². The van der Waals surface area contributed by atoms with Crippen molar-refractivity contribution in [2.45, 2.75) is 4.90 Å². The highest BCUT2D eigenvalue weighted by Crippen LogP contribution is 2.24. The molecule has 0 atom stereocenters. The summed E-state index contributed by atoms with van der Waals surface area (Å²) < 4.78 is 37.6. The zero-order valence-corrected chi connectivity index (χ0v) is 15.5. The van der Waals surface area contributed by atoms with Crippen molar-refractivity contribution in [3.8, 4) is 0 Å². The average Bonchev–Trinajstić information content (AvgIpc) is 2.54.